The van der Waals surface area contributed by atoms with E-state index in [1.807, 2.05) is 34.6 Å². The fourth-order valence-electron chi connectivity index (χ4n) is 2.63. The Morgan fingerprint density at radius 2 is 1.69 bits per heavy atom. The maximum atomic E-state index is 12.2. The first-order valence-electron chi connectivity index (χ1n) is 10.2. The van der Waals surface area contributed by atoms with Gasteiger partial charge in [-0.25, -0.2) is 4.79 Å². The minimum absolute atomic E-state index is 0.0220. The number of hydrogen-bond acceptors (Lipinski definition) is 6. The van der Waals surface area contributed by atoms with Gasteiger partial charge in [-0.1, -0.05) is 31.9 Å². The molecule has 3 aromatic rings. The standard InChI is InChI=1S/C23H27N5O4/c1-14(2)24-19(29)15-7-6-8-18(13-15)31-17-11-9-16(10-12-17)25-21(30)26-22-28-27-20(32-22)23(3,4)5/h6-14H,1-5H3,(H,24,29)(H2,25,26,28,30). The van der Waals surface area contributed by atoms with Crippen molar-refractivity contribution in [2.75, 3.05) is 10.6 Å². The number of nitrogens with zero attached hydrogens (tertiary/aromatic N) is 2. The smallest absolute Gasteiger partial charge is 0.327 e. The fourth-order valence-corrected chi connectivity index (χ4v) is 2.63. The molecule has 3 N–H and O–H groups in total. The lowest BCUT2D eigenvalue weighted by molar-refractivity contribution is 0.0942. The average molecular weight is 438 g/mol. The van der Waals surface area contributed by atoms with Crippen LogP contribution >= 0.6 is 0 Å². The lowest BCUT2D eigenvalue weighted by Gasteiger charge is -2.11. The third-order valence-electron chi connectivity index (χ3n) is 4.15. The van der Waals surface area contributed by atoms with Crippen molar-refractivity contribution in [3.8, 4) is 11.5 Å². The Morgan fingerprint density at radius 1 is 0.969 bits per heavy atom. The number of hydrogen-bond donors (Lipinski definition) is 3. The van der Waals surface area contributed by atoms with Crippen LogP contribution in [0.5, 0.6) is 11.5 Å². The van der Waals surface area contributed by atoms with Gasteiger partial charge in [-0.15, -0.1) is 5.10 Å². The van der Waals surface area contributed by atoms with E-state index < -0.39 is 6.03 Å². The molecule has 0 aliphatic carbocycles. The van der Waals surface area contributed by atoms with E-state index in [1.165, 1.54) is 0 Å². The van der Waals surface area contributed by atoms with Crippen LogP contribution in [0.2, 0.25) is 0 Å². The average Bonchev–Trinajstić information content (AvgIpc) is 3.18. The van der Waals surface area contributed by atoms with Crippen LogP contribution in [0.15, 0.2) is 52.9 Å². The molecular formula is C23H27N5O4. The second kappa shape index (κ2) is 9.51. The summed E-state index contributed by atoms with van der Waals surface area (Å²) in [6, 6.07) is 13.3. The molecule has 32 heavy (non-hydrogen) atoms. The number of carbonyl (C=O) groups is 2. The first-order chi connectivity index (χ1) is 15.1. The summed E-state index contributed by atoms with van der Waals surface area (Å²) in [5.74, 6) is 1.36. The molecule has 0 saturated heterocycles. The summed E-state index contributed by atoms with van der Waals surface area (Å²) in [5.41, 5.74) is 0.758. The second-order valence-corrected chi connectivity index (χ2v) is 8.52. The van der Waals surface area contributed by atoms with Gasteiger partial charge in [-0.2, -0.15) is 0 Å². The third kappa shape index (κ3) is 6.31. The van der Waals surface area contributed by atoms with Gasteiger partial charge in [-0.05, 0) is 56.3 Å². The van der Waals surface area contributed by atoms with Crippen molar-refractivity contribution in [2.24, 2.45) is 0 Å². The zero-order valence-corrected chi connectivity index (χ0v) is 18.7. The molecule has 0 saturated carbocycles. The highest BCUT2D eigenvalue weighted by Crippen LogP contribution is 2.25. The predicted octanol–water partition coefficient (Wildman–Crippen LogP) is 4.94. The zero-order valence-electron chi connectivity index (χ0n) is 18.7. The maximum Gasteiger partial charge on any atom is 0.327 e. The van der Waals surface area contributed by atoms with Crippen molar-refractivity contribution in [3.05, 3.63) is 60.0 Å². The zero-order chi connectivity index (χ0) is 23.3. The van der Waals surface area contributed by atoms with Gasteiger partial charge in [0.15, 0.2) is 0 Å². The van der Waals surface area contributed by atoms with Gasteiger partial charge < -0.3 is 19.8 Å². The Kier molecular flexibility index (Phi) is 6.77. The Hall–Kier alpha value is -3.88. The van der Waals surface area contributed by atoms with Gasteiger partial charge in [-0.3, -0.25) is 10.1 Å². The molecule has 0 atom stereocenters. The molecule has 0 bridgehead atoms. The molecule has 3 rings (SSSR count). The summed E-state index contributed by atoms with van der Waals surface area (Å²) in [7, 11) is 0. The predicted molar refractivity (Wildman–Crippen MR) is 121 cm³/mol. The van der Waals surface area contributed by atoms with Crippen LogP contribution in [-0.2, 0) is 5.41 Å². The second-order valence-electron chi connectivity index (χ2n) is 8.52. The largest absolute Gasteiger partial charge is 0.457 e. The van der Waals surface area contributed by atoms with E-state index in [0.717, 1.165) is 0 Å². The molecule has 1 heterocycles. The Morgan fingerprint density at radius 3 is 2.31 bits per heavy atom. The molecule has 0 unspecified atom stereocenters. The van der Waals surface area contributed by atoms with E-state index in [9.17, 15) is 9.59 Å². The molecule has 0 radical (unpaired) electrons. The van der Waals surface area contributed by atoms with Gasteiger partial charge in [0, 0.05) is 22.7 Å². The van der Waals surface area contributed by atoms with E-state index >= 15 is 0 Å². The van der Waals surface area contributed by atoms with Crippen LogP contribution in [0.4, 0.5) is 16.5 Å². The summed E-state index contributed by atoms with van der Waals surface area (Å²) in [4.78, 5) is 24.3. The number of nitrogens with one attached hydrogen (secondary N) is 3. The van der Waals surface area contributed by atoms with Crippen LogP contribution in [0.3, 0.4) is 0 Å². The number of aromatic nitrogens is 2. The Balaban J connectivity index is 1.58. The van der Waals surface area contributed by atoms with Crippen molar-refractivity contribution in [1.29, 1.82) is 0 Å². The highest BCUT2D eigenvalue weighted by molar-refractivity contribution is 5.98. The van der Waals surface area contributed by atoms with Crippen molar-refractivity contribution >= 4 is 23.6 Å². The van der Waals surface area contributed by atoms with Gasteiger partial charge in [0.2, 0.25) is 5.89 Å². The number of anilines is 2. The van der Waals surface area contributed by atoms with Crippen LogP contribution in [0, 0.1) is 0 Å². The van der Waals surface area contributed by atoms with Crippen molar-refractivity contribution < 1.29 is 18.7 Å². The number of rotatable bonds is 6. The summed E-state index contributed by atoms with van der Waals surface area (Å²) in [6.45, 7) is 9.61. The highest BCUT2D eigenvalue weighted by atomic mass is 16.5. The number of benzene rings is 2. The quantitative estimate of drug-likeness (QED) is 0.503. The van der Waals surface area contributed by atoms with Crippen LogP contribution in [0.25, 0.3) is 0 Å². The summed E-state index contributed by atoms with van der Waals surface area (Å²) in [6.07, 6.45) is 0. The van der Waals surface area contributed by atoms with E-state index in [2.05, 4.69) is 26.1 Å². The summed E-state index contributed by atoms with van der Waals surface area (Å²) >= 11 is 0. The van der Waals surface area contributed by atoms with Crippen molar-refractivity contribution in [3.63, 3.8) is 0 Å². The molecule has 0 aliphatic rings. The first-order valence-corrected chi connectivity index (χ1v) is 10.2. The van der Waals surface area contributed by atoms with Gasteiger partial charge >= 0.3 is 12.0 Å². The highest BCUT2D eigenvalue weighted by Gasteiger charge is 2.22. The number of ether oxygens (including phenoxy) is 1. The number of amides is 3. The first kappa shape index (κ1) is 22.8. The molecular weight excluding hydrogens is 410 g/mol. The SMILES string of the molecule is CC(C)NC(=O)c1cccc(Oc2ccc(NC(=O)Nc3nnc(C(C)(C)C)o3)cc2)c1. The molecule has 9 heteroatoms. The van der Waals surface area contributed by atoms with E-state index in [0.29, 0.717) is 28.6 Å². The fraction of sp³-hybridized carbons (Fsp3) is 0.304. The lowest BCUT2D eigenvalue weighted by Crippen LogP contribution is -2.29. The van der Waals surface area contributed by atoms with Crippen molar-refractivity contribution in [1.82, 2.24) is 15.5 Å². The molecule has 2 aromatic carbocycles. The van der Waals surface area contributed by atoms with Gasteiger partial charge in [0.05, 0.1) is 0 Å². The molecule has 0 aliphatic heterocycles. The molecule has 0 spiro atoms. The van der Waals surface area contributed by atoms with E-state index in [-0.39, 0.29) is 23.4 Å². The normalized spacial score (nSPS) is 11.2. The molecule has 9 nitrogen and oxygen atoms in total. The molecule has 0 fully saturated rings. The molecule has 3 amide bonds. The molecule has 168 valence electrons. The van der Waals surface area contributed by atoms with E-state index in [4.69, 9.17) is 9.15 Å². The summed E-state index contributed by atoms with van der Waals surface area (Å²) in [5, 5.41) is 15.8. The minimum atomic E-state index is -0.508. The minimum Gasteiger partial charge on any atom is -0.457 e. The monoisotopic (exact) mass is 437 g/mol. The topological polar surface area (TPSA) is 118 Å². The Bertz CT molecular complexity index is 1080. The van der Waals surface area contributed by atoms with Gasteiger partial charge in [0.1, 0.15) is 11.5 Å². The van der Waals surface area contributed by atoms with Crippen molar-refractivity contribution in [2.45, 2.75) is 46.1 Å². The number of carbonyl (C=O) groups excluding carboxylic acids is 2. The maximum absolute atomic E-state index is 12.2. The van der Waals surface area contributed by atoms with Crippen LogP contribution < -0.4 is 20.7 Å². The molecule has 1 aromatic heterocycles. The van der Waals surface area contributed by atoms with Crippen LogP contribution in [-0.4, -0.2) is 28.2 Å². The third-order valence-corrected chi connectivity index (χ3v) is 4.15. The van der Waals surface area contributed by atoms with Gasteiger partial charge in [0.25, 0.3) is 5.91 Å². The summed E-state index contributed by atoms with van der Waals surface area (Å²) < 4.78 is 11.3. The van der Waals surface area contributed by atoms with E-state index in [1.54, 1.807) is 48.5 Å². The van der Waals surface area contributed by atoms with Crippen LogP contribution in [0.1, 0.15) is 50.9 Å². The Labute approximate surface area is 186 Å². The number of urea groups is 1. The lowest BCUT2D eigenvalue weighted by atomic mass is 9.97.